The number of halogens is 1. The van der Waals surface area contributed by atoms with Gasteiger partial charge < -0.3 is 5.11 Å². The lowest BCUT2D eigenvalue weighted by atomic mass is 10.1. The number of phenolic OH excluding ortho intramolecular Hbond substituents is 1. The number of amides is 4. The second kappa shape index (κ2) is 6.41. The highest BCUT2D eigenvalue weighted by Crippen LogP contribution is 2.27. The van der Waals surface area contributed by atoms with Crippen LogP contribution in [-0.2, 0) is 9.59 Å². The molecule has 126 valence electrons. The van der Waals surface area contributed by atoms with Crippen molar-refractivity contribution in [3.8, 4) is 5.75 Å². The summed E-state index contributed by atoms with van der Waals surface area (Å²) in [6.45, 7) is 1.76. The Morgan fingerprint density at radius 1 is 1.12 bits per heavy atom. The van der Waals surface area contributed by atoms with Gasteiger partial charge in [0.2, 0.25) is 0 Å². The van der Waals surface area contributed by atoms with Gasteiger partial charge >= 0.3 is 6.03 Å². The minimum Gasteiger partial charge on any atom is -0.506 e. The fourth-order valence-electron chi connectivity index (χ4n) is 2.47. The molecule has 2 aromatic carbocycles. The molecule has 3 rings (SSSR count). The Balaban J connectivity index is 2.05. The number of carbonyl (C=O) groups excluding carboxylic acids is 3. The fourth-order valence-corrected chi connectivity index (χ4v) is 2.66. The molecule has 6 nitrogen and oxygen atoms in total. The topological polar surface area (TPSA) is 86.7 Å². The molecule has 0 aromatic heterocycles. The molecule has 0 radical (unpaired) electrons. The summed E-state index contributed by atoms with van der Waals surface area (Å²) in [4.78, 5) is 37.9. The van der Waals surface area contributed by atoms with Crippen LogP contribution >= 0.6 is 11.6 Å². The molecule has 1 fully saturated rings. The highest BCUT2D eigenvalue weighted by Gasteiger charge is 2.37. The van der Waals surface area contributed by atoms with Gasteiger partial charge in [-0.3, -0.25) is 14.9 Å². The molecule has 4 amide bonds. The zero-order valence-electron chi connectivity index (χ0n) is 13.1. The maximum absolute atomic E-state index is 12.7. The molecule has 2 aromatic rings. The Labute approximate surface area is 148 Å². The first-order chi connectivity index (χ1) is 11.9. The summed E-state index contributed by atoms with van der Waals surface area (Å²) in [5.74, 6) is -1.63. The standard InChI is InChI=1S/C18H13ClN2O4/c1-10-4-2-3-5-14(10)21-17(24)12(16(23)20-18(21)25)8-11-6-7-15(22)13(19)9-11/h2-9,22H,1H3,(H,20,23,25)/b12-8+. The zero-order valence-corrected chi connectivity index (χ0v) is 13.9. The van der Waals surface area contributed by atoms with Crippen molar-refractivity contribution in [2.75, 3.05) is 4.90 Å². The Bertz CT molecular complexity index is 936. The lowest BCUT2D eigenvalue weighted by Gasteiger charge is -2.27. The summed E-state index contributed by atoms with van der Waals surface area (Å²) in [7, 11) is 0. The van der Waals surface area contributed by atoms with Crippen LogP contribution in [0.15, 0.2) is 48.0 Å². The molecule has 2 N–H and O–H groups in total. The molecular weight excluding hydrogens is 344 g/mol. The van der Waals surface area contributed by atoms with Crippen molar-refractivity contribution in [1.29, 1.82) is 0 Å². The van der Waals surface area contributed by atoms with Crippen LogP contribution in [0.2, 0.25) is 5.02 Å². The van der Waals surface area contributed by atoms with Crippen LogP contribution in [0, 0.1) is 6.92 Å². The van der Waals surface area contributed by atoms with E-state index in [0.29, 0.717) is 16.8 Å². The van der Waals surface area contributed by atoms with Gasteiger partial charge in [-0.1, -0.05) is 35.9 Å². The van der Waals surface area contributed by atoms with E-state index in [9.17, 15) is 19.5 Å². The number of para-hydroxylation sites is 1. The van der Waals surface area contributed by atoms with Gasteiger partial charge in [0, 0.05) is 0 Å². The van der Waals surface area contributed by atoms with Crippen molar-refractivity contribution in [1.82, 2.24) is 5.32 Å². The van der Waals surface area contributed by atoms with E-state index in [1.807, 2.05) is 0 Å². The Hall–Kier alpha value is -3.12. The lowest BCUT2D eigenvalue weighted by Crippen LogP contribution is -2.54. The molecule has 0 saturated carbocycles. The molecule has 0 unspecified atom stereocenters. The van der Waals surface area contributed by atoms with E-state index in [1.165, 1.54) is 24.3 Å². The number of hydrogen-bond donors (Lipinski definition) is 2. The molecule has 1 aliphatic rings. The van der Waals surface area contributed by atoms with Gasteiger partial charge in [-0.15, -0.1) is 0 Å². The number of carbonyl (C=O) groups is 3. The Morgan fingerprint density at radius 3 is 2.52 bits per heavy atom. The van der Waals surface area contributed by atoms with E-state index in [4.69, 9.17) is 11.6 Å². The Kier molecular flexibility index (Phi) is 4.29. The average molecular weight is 357 g/mol. The van der Waals surface area contributed by atoms with Crippen molar-refractivity contribution < 1.29 is 19.5 Å². The van der Waals surface area contributed by atoms with Crippen LogP contribution in [0.3, 0.4) is 0 Å². The van der Waals surface area contributed by atoms with Gasteiger partial charge in [0.25, 0.3) is 11.8 Å². The van der Waals surface area contributed by atoms with Crippen LogP contribution < -0.4 is 10.2 Å². The maximum atomic E-state index is 12.7. The highest BCUT2D eigenvalue weighted by atomic mass is 35.5. The largest absolute Gasteiger partial charge is 0.506 e. The monoisotopic (exact) mass is 356 g/mol. The number of barbiturate groups is 1. The number of hydrogen-bond acceptors (Lipinski definition) is 4. The first-order valence-electron chi connectivity index (χ1n) is 7.34. The quantitative estimate of drug-likeness (QED) is 0.639. The van der Waals surface area contributed by atoms with Crippen LogP contribution in [0.1, 0.15) is 11.1 Å². The molecule has 0 bridgehead atoms. The highest BCUT2D eigenvalue weighted by molar-refractivity contribution is 6.39. The van der Waals surface area contributed by atoms with Gasteiger partial charge in [-0.25, -0.2) is 9.69 Å². The second-order valence-electron chi connectivity index (χ2n) is 5.46. The van der Waals surface area contributed by atoms with E-state index in [2.05, 4.69) is 5.32 Å². The summed E-state index contributed by atoms with van der Waals surface area (Å²) in [6.07, 6.45) is 1.32. The number of imide groups is 2. The summed E-state index contributed by atoms with van der Waals surface area (Å²) in [5, 5.41) is 11.7. The third-order valence-electron chi connectivity index (χ3n) is 3.74. The number of anilines is 1. The van der Waals surface area contributed by atoms with Crippen molar-refractivity contribution >= 4 is 41.2 Å². The van der Waals surface area contributed by atoms with Crippen molar-refractivity contribution in [2.45, 2.75) is 6.92 Å². The van der Waals surface area contributed by atoms with Crippen LogP contribution in [0.5, 0.6) is 5.75 Å². The summed E-state index contributed by atoms with van der Waals surface area (Å²) in [6, 6.07) is 10.3. The van der Waals surface area contributed by atoms with Crippen molar-refractivity contribution in [3.63, 3.8) is 0 Å². The van der Waals surface area contributed by atoms with Gasteiger partial charge in [0.1, 0.15) is 11.3 Å². The van der Waals surface area contributed by atoms with Crippen LogP contribution in [-0.4, -0.2) is 23.0 Å². The van der Waals surface area contributed by atoms with E-state index in [-0.39, 0.29) is 16.3 Å². The molecule has 0 aliphatic carbocycles. The first-order valence-corrected chi connectivity index (χ1v) is 7.72. The number of nitrogens with zero attached hydrogens (tertiary/aromatic N) is 1. The third-order valence-corrected chi connectivity index (χ3v) is 4.04. The first kappa shape index (κ1) is 16.7. The van der Waals surface area contributed by atoms with E-state index >= 15 is 0 Å². The zero-order chi connectivity index (χ0) is 18.1. The number of nitrogens with one attached hydrogen (secondary N) is 1. The maximum Gasteiger partial charge on any atom is 0.335 e. The van der Waals surface area contributed by atoms with Crippen LogP contribution in [0.4, 0.5) is 10.5 Å². The van der Waals surface area contributed by atoms with E-state index in [0.717, 1.165) is 4.90 Å². The predicted molar refractivity (Wildman–Crippen MR) is 93.3 cm³/mol. The summed E-state index contributed by atoms with van der Waals surface area (Å²) >= 11 is 5.84. The number of aromatic hydroxyl groups is 1. The summed E-state index contributed by atoms with van der Waals surface area (Å²) < 4.78 is 0. The summed E-state index contributed by atoms with van der Waals surface area (Å²) in [5.41, 5.74) is 1.35. The van der Waals surface area contributed by atoms with E-state index < -0.39 is 17.8 Å². The molecule has 0 atom stereocenters. The third kappa shape index (κ3) is 3.12. The van der Waals surface area contributed by atoms with Gasteiger partial charge in [-0.05, 0) is 42.3 Å². The lowest BCUT2D eigenvalue weighted by molar-refractivity contribution is -0.122. The number of aryl methyl sites for hydroxylation is 1. The van der Waals surface area contributed by atoms with E-state index in [1.54, 1.807) is 31.2 Å². The van der Waals surface area contributed by atoms with Crippen LogP contribution in [0.25, 0.3) is 6.08 Å². The molecule has 0 spiro atoms. The molecule has 1 heterocycles. The number of urea groups is 1. The molecule has 1 aliphatic heterocycles. The molecular formula is C18H13ClN2O4. The predicted octanol–water partition coefficient (Wildman–Crippen LogP) is 3.02. The normalized spacial score (nSPS) is 16.3. The Morgan fingerprint density at radius 2 is 1.84 bits per heavy atom. The SMILES string of the molecule is Cc1ccccc1N1C(=O)NC(=O)/C(=C\c2ccc(O)c(Cl)c2)C1=O. The molecule has 1 saturated heterocycles. The molecule has 7 heteroatoms. The minimum atomic E-state index is -0.801. The number of benzene rings is 2. The van der Waals surface area contributed by atoms with Gasteiger partial charge in [0.05, 0.1) is 10.7 Å². The smallest absolute Gasteiger partial charge is 0.335 e. The molecule has 25 heavy (non-hydrogen) atoms. The second-order valence-corrected chi connectivity index (χ2v) is 5.86. The van der Waals surface area contributed by atoms with Gasteiger partial charge in [-0.2, -0.15) is 0 Å². The number of rotatable bonds is 2. The fraction of sp³-hybridized carbons (Fsp3) is 0.0556. The minimum absolute atomic E-state index is 0.0878. The van der Waals surface area contributed by atoms with Crippen molar-refractivity contribution in [2.24, 2.45) is 0 Å². The number of phenols is 1. The average Bonchev–Trinajstić information content (AvgIpc) is 2.56. The van der Waals surface area contributed by atoms with Crippen molar-refractivity contribution in [3.05, 3.63) is 64.2 Å². The van der Waals surface area contributed by atoms with Gasteiger partial charge in [0.15, 0.2) is 0 Å².